The molecular weight excluding hydrogens is 330 g/mol. The van der Waals surface area contributed by atoms with Gasteiger partial charge in [0, 0.05) is 11.3 Å². The molecule has 3 rings (SSSR count). The van der Waals surface area contributed by atoms with E-state index in [-0.39, 0.29) is 0 Å². The van der Waals surface area contributed by atoms with Gasteiger partial charge in [0.25, 0.3) is 0 Å². The zero-order valence-corrected chi connectivity index (χ0v) is 15.4. The molecule has 1 aromatic heterocycles. The fourth-order valence-electron chi connectivity index (χ4n) is 2.57. The van der Waals surface area contributed by atoms with Crippen molar-refractivity contribution < 1.29 is 13.9 Å². The summed E-state index contributed by atoms with van der Waals surface area (Å²) < 4.78 is 16.3. The van der Waals surface area contributed by atoms with Gasteiger partial charge in [-0.2, -0.15) is 0 Å². The quantitative estimate of drug-likeness (QED) is 0.675. The molecule has 1 N–H and O–H groups in total. The van der Waals surface area contributed by atoms with Gasteiger partial charge in [0.2, 0.25) is 11.8 Å². The fraction of sp³-hybridized carbons (Fsp3) is 0.300. The number of benzene rings is 2. The largest absolute Gasteiger partial charge is 0.493 e. The lowest BCUT2D eigenvalue weighted by Gasteiger charge is -2.08. The Hall–Kier alpha value is -3.02. The molecule has 0 aliphatic carbocycles. The summed E-state index contributed by atoms with van der Waals surface area (Å²) in [4.78, 5) is 0. The molecule has 0 aliphatic rings. The number of anilines is 1. The van der Waals surface area contributed by atoms with E-state index in [1.807, 2.05) is 18.2 Å². The lowest BCUT2D eigenvalue weighted by atomic mass is 10.0. The maximum absolute atomic E-state index is 5.75. The van der Waals surface area contributed by atoms with Crippen LogP contribution in [0.15, 0.2) is 46.9 Å². The predicted molar refractivity (Wildman–Crippen MR) is 101 cm³/mol. The first-order chi connectivity index (χ1) is 12.6. The maximum atomic E-state index is 5.75. The van der Waals surface area contributed by atoms with Gasteiger partial charge in [-0.15, -0.1) is 10.2 Å². The molecule has 6 nitrogen and oxygen atoms in total. The summed E-state index contributed by atoms with van der Waals surface area (Å²) in [6, 6.07) is 13.8. The van der Waals surface area contributed by atoms with Gasteiger partial charge in [0.15, 0.2) is 11.5 Å². The first-order valence-electron chi connectivity index (χ1n) is 8.49. The van der Waals surface area contributed by atoms with Crippen LogP contribution in [0.25, 0.3) is 11.5 Å². The summed E-state index contributed by atoms with van der Waals surface area (Å²) in [6.45, 7) is 4.81. The average molecular weight is 353 g/mol. The van der Waals surface area contributed by atoms with E-state index in [0.29, 0.717) is 35.7 Å². The SMILES string of the molecule is COc1ccc(-c2nnc(CNc3ccc(C(C)C)cc3)o2)cc1OC. The molecule has 6 heteroatoms. The van der Waals surface area contributed by atoms with Crippen molar-refractivity contribution in [2.24, 2.45) is 0 Å². The van der Waals surface area contributed by atoms with Crippen LogP contribution in [0.2, 0.25) is 0 Å². The molecule has 3 aromatic rings. The summed E-state index contributed by atoms with van der Waals surface area (Å²) in [5, 5.41) is 11.5. The van der Waals surface area contributed by atoms with Gasteiger partial charge in [-0.25, -0.2) is 0 Å². The number of nitrogens with one attached hydrogen (secondary N) is 1. The minimum Gasteiger partial charge on any atom is -0.493 e. The lowest BCUT2D eigenvalue weighted by Crippen LogP contribution is -2.00. The van der Waals surface area contributed by atoms with Crippen LogP contribution in [0.5, 0.6) is 11.5 Å². The minimum absolute atomic E-state index is 0.443. The van der Waals surface area contributed by atoms with E-state index in [2.05, 4.69) is 53.6 Å². The van der Waals surface area contributed by atoms with E-state index in [9.17, 15) is 0 Å². The molecule has 0 aliphatic heterocycles. The Kier molecular flexibility index (Phi) is 5.41. The molecule has 0 saturated carbocycles. The summed E-state index contributed by atoms with van der Waals surface area (Å²) >= 11 is 0. The van der Waals surface area contributed by atoms with Crippen LogP contribution in [0.3, 0.4) is 0 Å². The van der Waals surface area contributed by atoms with Crippen molar-refractivity contribution in [1.29, 1.82) is 0 Å². The van der Waals surface area contributed by atoms with E-state index in [0.717, 1.165) is 11.3 Å². The molecule has 0 atom stereocenters. The molecule has 0 bridgehead atoms. The number of hydrogen-bond acceptors (Lipinski definition) is 6. The van der Waals surface area contributed by atoms with E-state index in [1.165, 1.54) is 5.56 Å². The third kappa shape index (κ3) is 3.96. The highest BCUT2D eigenvalue weighted by Crippen LogP contribution is 2.31. The van der Waals surface area contributed by atoms with Gasteiger partial charge in [-0.1, -0.05) is 26.0 Å². The third-order valence-corrected chi connectivity index (χ3v) is 4.12. The van der Waals surface area contributed by atoms with Crippen molar-refractivity contribution >= 4 is 5.69 Å². The Balaban J connectivity index is 1.68. The second-order valence-electron chi connectivity index (χ2n) is 6.20. The highest BCUT2D eigenvalue weighted by molar-refractivity contribution is 5.59. The Morgan fingerprint density at radius 3 is 2.35 bits per heavy atom. The molecule has 0 spiro atoms. The van der Waals surface area contributed by atoms with Crippen molar-refractivity contribution in [3.8, 4) is 23.0 Å². The van der Waals surface area contributed by atoms with Crippen molar-refractivity contribution in [2.45, 2.75) is 26.3 Å². The van der Waals surface area contributed by atoms with E-state index < -0.39 is 0 Å². The Morgan fingerprint density at radius 1 is 0.962 bits per heavy atom. The number of aromatic nitrogens is 2. The number of hydrogen-bond donors (Lipinski definition) is 1. The monoisotopic (exact) mass is 353 g/mol. The van der Waals surface area contributed by atoms with Crippen LogP contribution in [0.1, 0.15) is 31.2 Å². The van der Waals surface area contributed by atoms with Gasteiger partial charge < -0.3 is 19.2 Å². The first-order valence-corrected chi connectivity index (χ1v) is 8.49. The molecule has 26 heavy (non-hydrogen) atoms. The highest BCUT2D eigenvalue weighted by Gasteiger charge is 2.12. The van der Waals surface area contributed by atoms with Gasteiger partial charge in [-0.3, -0.25) is 0 Å². The summed E-state index contributed by atoms with van der Waals surface area (Å²) in [6.07, 6.45) is 0. The normalized spacial score (nSPS) is 10.8. The second kappa shape index (κ2) is 7.91. The van der Waals surface area contributed by atoms with Crippen LogP contribution in [0, 0.1) is 0 Å². The molecular formula is C20H23N3O3. The van der Waals surface area contributed by atoms with E-state index >= 15 is 0 Å². The highest BCUT2D eigenvalue weighted by atomic mass is 16.5. The van der Waals surface area contributed by atoms with E-state index in [1.54, 1.807) is 14.2 Å². The molecule has 0 radical (unpaired) electrons. The number of rotatable bonds is 7. The van der Waals surface area contributed by atoms with Gasteiger partial charge in [0.05, 0.1) is 20.8 Å². The fourth-order valence-corrected chi connectivity index (χ4v) is 2.57. The average Bonchev–Trinajstić information content (AvgIpc) is 3.15. The van der Waals surface area contributed by atoms with Crippen molar-refractivity contribution in [2.75, 3.05) is 19.5 Å². The van der Waals surface area contributed by atoms with Crippen molar-refractivity contribution in [3.63, 3.8) is 0 Å². The standard InChI is InChI=1S/C20H23N3O3/c1-13(2)14-5-8-16(9-6-14)21-12-19-22-23-20(26-19)15-7-10-17(24-3)18(11-15)25-4/h5-11,13,21H,12H2,1-4H3. The summed E-state index contributed by atoms with van der Waals surface area (Å²) in [5.74, 6) is 2.75. The molecule has 0 amide bonds. The summed E-state index contributed by atoms with van der Waals surface area (Å²) in [7, 11) is 3.19. The van der Waals surface area contributed by atoms with Crippen LogP contribution in [-0.2, 0) is 6.54 Å². The van der Waals surface area contributed by atoms with Crippen LogP contribution >= 0.6 is 0 Å². The maximum Gasteiger partial charge on any atom is 0.247 e. The number of methoxy groups -OCH3 is 2. The van der Waals surface area contributed by atoms with Gasteiger partial charge in [-0.05, 0) is 41.8 Å². The van der Waals surface area contributed by atoms with Crippen LogP contribution in [-0.4, -0.2) is 24.4 Å². The molecule has 2 aromatic carbocycles. The molecule has 0 fully saturated rings. The number of ether oxygens (including phenoxy) is 2. The van der Waals surface area contributed by atoms with Crippen molar-refractivity contribution in [3.05, 3.63) is 53.9 Å². The Bertz CT molecular complexity index is 857. The molecule has 1 heterocycles. The smallest absolute Gasteiger partial charge is 0.247 e. The third-order valence-electron chi connectivity index (χ3n) is 4.12. The zero-order chi connectivity index (χ0) is 18.5. The molecule has 0 unspecified atom stereocenters. The predicted octanol–water partition coefficient (Wildman–Crippen LogP) is 4.49. The lowest BCUT2D eigenvalue weighted by molar-refractivity contribution is 0.355. The van der Waals surface area contributed by atoms with Gasteiger partial charge in [0.1, 0.15) is 0 Å². The Labute approximate surface area is 153 Å². The van der Waals surface area contributed by atoms with E-state index in [4.69, 9.17) is 13.9 Å². The van der Waals surface area contributed by atoms with Crippen molar-refractivity contribution in [1.82, 2.24) is 10.2 Å². The first kappa shape index (κ1) is 17.8. The number of nitrogens with zero attached hydrogens (tertiary/aromatic N) is 2. The topological polar surface area (TPSA) is 69.4 Å². The minimum atomic E-state index is 0.443. The van der Waals surface area contributed by atoms with Gasteiger partial charge >= 0.3 is 0 Å². The van der Waals surface area contributed by atoms with Crippen LogP contribution in [0.4, 0.5) is 5.69 Å². The molecule has 136 valence electrons. The second-order valence-corrected chi connectivity index (χ2v) is 6.20. The zero-order valence-electron chi connectivity index (χ0n) is 15.4. The molecule has 0 saturated heterocycles. The summed E-state index contributed by atoms with van der Waals surface area (Å²) in [5.41, 5.74) is 3.10. The Morgan fingerprint density at radius 2 is 1.69 bits per heavy atom. The van der Waals surface area contributed by atoms with Crippen LogP contribution < -0.4 is 14.8 Å².